The summed E-state index contributed by atoms with van der Waals surface area (Å²) >= 11 is 1.42. The summed E-state index contributed by atoms with van der Waals surface area (Å²) in [4.78, 5) is 11.8. The topological polar surface area (TPSA) is 66.9 Å². The molecule has 0 bridgehead atoms. The number of hydrogen-bond acceptors (Lipinski definition) is 5. The van der Waals surface area contributed by atoms with Gasteiger partial charge in [0.25, 0.3) is 5.91 Å². The quantitative estimate of drug-likeness (QED) is 0.770. The number of aryl methyl sites for hydroxylation is 1. The Morgan fingerprint density at radius 3 is 2.75 bits per heavy atom. The van der Waals surface area contributed by atoms with Gasteiger partial charge in [-0.25, -0.2) is 0 Å². The molecule has 2 N–H and O–H groups in total. The molecule has 0 aromatic carbocycles. The van der Waals surface area contributed by atoms with Gasteiger partial charge in [-0.15, -0.1) is 10.2 Å². The number of amides is 1. The molecule has 0 atom stereocenters. The van der Waals surface area contributed by atoms with Crippen LogP contribution in [0.25, 0.3) is 0 Å². The third kappa shape index (κ3) is 2.28. The van der Waals surface area contributed by atoms with Gasteiger partial charge in [-0.1, -0.05) is 18.3 Å². The van der Waals surface area contributed by atoms with Crippen molar-refractivity contribution >= 4 is 22.4 Å². The van der Waals surface area contributed by atoms with Crippen LogP contribution in [-0.4, -0.2) is 29.2 Å². The minimum atomic E-state index is -0.0738. The van der Waals surface area contributed by atoms with Gasteiger partial charge in [0.05, 0.1) is 0 Å². The molecule has 1 aromatic rings. The Kier molecular flexibility index (Phi) is 3.31. The molecule has 2 rings (SSSR count). The smallest absolute Gasteiger partial charge is 0.253 e. The molecule has 6 heteroatoms. The predicted molar refractivity (Wildman–Crippen MR) is 63.5 cm³/mol. The number of anilines is 1. The highest BCUT2D eigenvalue weighted by Gasteiger charge is 2.17. The molecule has 16 heavy (non-hydrogen) atoms. The van der Waals surface area contributed by atoms with Crippen LogP contribution in [0, 0.1) is 0 Å². The lowest BCUT2D eigenvalue weighted by Crippen LogP contribution is -2.36. The third-order valence-electron chi connectivity index (χ3n) is 2.54. The first-order valence-electron chi connectivity index (χ1n) is 5.23. The molecule has 1 fully saturated rings. The molecule has 1 aromatic heterocycles. The maximum absolute atomic E-state index is 11.8. The van der Waals surface area contributed by atoms with Crippen molar-refractivity contribution in [1.82, 2.24) is 15.5 Å². The van der Waals surface area contributed by atoms with Crippen LogP contribution in [0.15, 0.2) is 11.1 Å². The Balaban J connectivity index is 2.01. The Bertz CT molecular complexity index is 432. The fourth-order valence-electron chi connectivity index (χ4n) is 1.31. The standard InChI is InChI=1S/C10H14N4OS/c1-3-8-13-14-10(16-8)12-9(15)6(2)7-4-11-5-7/h11H,3-5H2,1-2H3,(H,12,14,15). The molecule has 0 spiro atoms. The minimum absolute atomic E-state index is 0.0738. The number of nitrogens with one attached hydrogen (secondary N) is 2. The van der Waals surface area contributed by atoms with Crippen LogP contribution in [0.2, 0.25) is 0 Å². The van der Waals surface area contributed by atoms with E-state index in [4.69, 9.17) is 0 Å². The molecule has 0 saturated carbocycles. The first-order valence-corrected chi connectivity index (χ1v) is 6.05. The van der Waals surface area contributed by atoms with Gasteiger partial charge in [0.2, 0.25) is 5.13 Å². The highest BCUT2D eigenvalue weighted by atomic mass is 32.1. The molecule has 1 aliphatic heterocycles. The molecule has 5 nitrogen and oxygen atoms in total. The van der Waals surface area contributed by atoms with Crippen LogP contribution in [0.4, 0.5) is 5.13 Å². The summed E-state index contributed by atoms with van der Waals surface area (Å²) in [6, 6.07) is 0. The van der Waals surface area contributed by atoms with Crippen LogP contribution < -0.4 is 10.6 Å². The molecule has 86 valence electrons. The molecule has 1 amide bonds. The van der Waals surface area contributed by atoms with E-state index in [-0.39, 0.29) is 5.91 Å². The number of aromatic nitrogens is 2. The van der Waals surface area contributed by atoms with Gasteiger partial charge < -0.3 is 5.32 Å². The van der Waals surface area contributed by atoms with Crippen molar-refractivity contribution in [3.05, 3.63) is 16.2 Å². The molecule has 0 aliphatic carbocycles. The summed E-state index contributed by atoms with van der Waals surface area (Å²) in [6.07, 6.45) is 0.845. The van der Waals surface area contributed by atoms with Gasteiger partial charge in [-0.05, 0) is 18.9 Å². The number of rotatable bonds is 3. The highest BCUT2D eigenvalue weighted by molar-refractivity contribution is 7.15. The van der Waals surface area contributed by atoms with Gasteiger partial charge in [0.15, 0.2) is 0 Å². The molecule has 2 heterocycles. The van der Waals surface area contributed by atoms with E-state index in [1.165, 1.54) is 11.3 Å². The zero-order valence-electron chi connectivity index (χ0n) is 9.33. The van der Waals surface area contributed by atoms with Crippen LogP contribution >= 0.6 is 11.3 Å². The zero-order valence-corrected chi connectivity index (χ0v) is 10.1. The van der Waals surface area contributed by atoms with E-state index >= 15 is 0 Å². The second-order valence-electron chi connectivity index (χ2n) is 3.64. The third-order valence-corrected chi connectivity index (χ3v) is 3.52. The SMILES string of the molecule is CCc1nnc(NC(=O)C(C)=C2CNC2)s1. The van der Waals surface area contributed by atoms with Gasteiger partial charge >= 0.3 is 0 Å². The molecule has 1 aliphatic rings. The largest absolute Gasteiger partial charge is 0.309 e. The second kappa shape index (κ2) is 4.71. The molecule has 0 radical (unpaired) electrons. The van der Waals surface area contributed by atoms with Crippen molar-refractivity contribution in [2.75, 3.05) is 18.4 Å². The normalized spacial score (nSPS) is 14.5. The lowest BCUT2D eigenvalue weighted by atomic mass is 10.0. The number of carbonyl (C=O) groups excluding carboxylic acids is 1. The van der Waals surface area contributed by atoms with Crippen molar-refractivity contribution in [3.8, 4) is 0 Å². The van der Waals surface area contributed by atoms with Crippen LogP contribution in [0.1, 0.15) is 18.9 Å². The summed E-state index contributed by atoms with van der Waals surface area (Å²) in [5.74, 6) is -0.0738. The Hall–Kier alpha value is -1.27. The van der Waals surface area contributed by atoms with Gasteiger partial charge in [0.1, 0.15) is 5.01 Å². The van der Waals surface area contributed by atoms with E-state index in [1.807, 2.05) is 13.8 Å². The van der Waals surface area contributed by atoms with Crippen LogP contribution in [-0.2, 0) is 11.2 Å². The lowest BCUT2D eigenvalue weighted by molar-refractivity contribution is -0.112. The van der Waals surface area contributed by atoms with E-state index in [1.54, 1.807) is 0 Å². The van der Waals surface area contributed by atoms with Crippen molar-refractivity contribution in [1.29, 1.82) is 0 Å². The van der Waals surface area contributed by atoms with Crippen molar-refractivity contribution in [3.63, 3.8) is 0 Å². The first-order chi connectivity index (χ1) is 7.70. The summed E-state index contributed by atoms with van der Waals surface area (Å²) in [7, 11) is 0. The van der Waals surface area contributed by atoms with Gasteiger partial charge in [-0.3, -0.25) is 10.1 Å². The summed E-state index contributed by atoms with van der Waals surface area (Å²) in [6.45, 7) is 5.48. The monoisotopic (exact) mass is 238 g/mol. The maximum atomic E-state index is 11.8. The first kappa shape index (κ1) is 11.2. The number of carbonyl (C=O) groups is 1. The fraction of sp³-hybridized carbons (Fsp3) is 0.500. The van der Waals surface area contributed by atoms with Crippen molar-refractivity contribution in [2.45, 2.75) is 20.3 Å². The van der Waals surface area contributed by atoms with Gasteiger partial charge in [0, 0.05) is 18.7 Å². The van der Waals surface area contributed by atoms with Crippen LogP contribution in [0.3, 0.4) is 0 Å². The van der Waals surface area contributed by atoms with Crippen molar-refractivity contribution in [2.24, 2.45) is 0 Å². The highest BCUT2D eigenvalue weighted by Crippen LogP contribution is 2.17. The maximum Gasteiger partial charge on any atom is 0.253 e. The average molecular weight is 238 g/mol. The summed E-state index contributed by atoms with van der Waals surface area (Å²) in [5, 5.41) is 15.3. The Morgan fingerprint density at radius 2 is 2.25 bits per heavy atom. The van der Waals surface area contributed by atoms with E-state index < -0.39 is 0 Å². The Labute approximate surface area is 98.0 Å². The minimum Gasteiger partial charge on any atom is -0.309 e. The van der Waals surface area contributed by atoms with E-state index in [9.17, 15) is 4.79 Å². The van der Waals surface area contributed by atoms with Crippen molar-refractivity contribution < 1.29 is 4.79 Å². The Morgan fingerprint density at radius 1 is 1.50 bits per heavy atom. The predicted octanol–water partition coefficient (Wildman–Crippen LogP) is 0.959. The molecule has 1 saturated heterocycles. The summed E-state index contributed by atoms with van der Waals surface area (Å²) < 4.78 is 0. The second-order valence-corrected chi connectivity index (χ2v) is 4.70. The van der Waals surface area contributed by atoms with E-state index in [0.717, 1.165) is 35.7 Å². The number of hydrogen-bond donors (Lipinski definition) is 2. The van der Waals surface area contributed by atoms with E-state index in [0.29, 0.717) is 5.13 Å². The van der Waals surface area contributed by atoms with Crippen LogP contribution in [0.5, 0.6) is 0 Å². The molecular formula is C10H14N4OS. The number of nitrogens with zero attached hydrogens (tertiary/aromatic N) is 2. The average Bonchev–Trinajstić information content (AvgIpc) is 2.62. The molecular weight excluding hydrogens is 224 g/mol. The zero-order chi connectivity index (χ0) is 11.5. The lowest BCUT2D eigenvalue weighted by Gasteiger charge is -2.21. The fourth-order valence-corrected chi connectivity index (χ4v) is 1.99. The molecule has 0 unspecified atom stereocenters. The van der Waals surface area contributed by atoms with Gasteiger partial charge in [-0.2, -0.15) is 0 Å². The summed E-state index contributed by atoms with van der Waals surface area (Å²) in [5.41, 5.74) is 1.95. The van der Waals surface area contributed by atoms with E-state index in [2.05, 4.69) is 20.8 Å².